The van der Waals surface area contributed by atoms with E-state index < -0.39 is 35.8 Å². The summed E-state index contributed by atoms with van der Waals surface area (Å²) < 4.78 is 51.9. The van der Waals surface area contributed by atoms with Crippen LogP contribution in [-0.2, 0) is 20.5 Å². The predicted octanol–water partition coefficient (Wildman–Crippen LogP) is 3.95. The van der Waals surface area contributed by atoms with Gasteiger partial charge < -0.3 is 24.4 Å². The molecule has 1 unspecified atom stereocenters. The van der Waals surface area contributed by atoms with Crippen molar-refractivity contribution < 1.29 is 42.1 Å². The van der Waals surface area contributed by atoms with Gasteiger partial charge in [-0.25, -0.2) is 9.59 Å². The average molecular weight is 505 g/mol. The molecular formula is C25H24F3N2O6. The van der Waals surface area contributed by atoms with E-state index >= 15 is 0 Å². The van der Waals surface area contributed by atoms with Gasteiger partial charge in [0.15, 0.2) is 0 Å². The number of alkyl halides is 3. The lowest BCUT2D eigenvalue weighted by Gasteiger charge is -2.38. The van der Waals surface area contributed by atoms with E-state index in [9.17, 15) is 32.7 Å². The topological polar surface area (TPSA) is 96.4 Å². The van der Waals surface area contributed by atoms with E-state index in [0.717, 1.165) is 29.1 Å². The number of amides is 2. The molecule has 3 rings (SSSR count). The number of carboxylic acid groups (broad SMARTS) is 1. The van der Waals surface area contributed by atoms with E-state index in [0.29, 0.717) is 0 Å². The van der Waals surface area contributed by atoms with Gasteiger partial charge in [-0.3, -0.25) is 4.79 Å². The van der Waals surface area contributed by atoms with Crippen LogP contribution in [0.4, 0.5) is 18.0 Å². The zero-order chi connectivity index (χ0) is 26.5. The summed E-state index contributed by atoms with van der Waals surface area (Å²) in [5.74, 6) is -1.82. The van der Waals surface area contributed by atoms with E-state index in [1.165, 1.54) is 18.2 Å². The normalized spacial score (nSPS) is 16.2. The molecule has 0 bridgehead atoms. The summed E-state index contributed by atoms with van der Waals surface area (Å²) in [6, 6.07) is 9.61. The number of rotatable bonds is 6. The van der Waals surface area contributed by atoms with Gasteiger partial charge in [0.1, 0.15) is 11.8 Å². The SMILES string of the molecule is CCOc1ccccc1-c1c(C(F)(F)F)[c]ccc1/C=C/C(=O)N1CCN(C(=O)OC)CC1C(=O)O. The van der Waals surface area contributed by atoms with Crippen LogP contribution < -0.4 is 4.74 Å². The van der Waals surface area contributed by atoms with E-state index in [2.05, 4.69) is 10.8 Å². The first kappa shape index (κ1) is 26.6. The van der Waals surface area contributed by atoms with Crippen molar-refractivity contribution in [1.29, 1.82) is 0 Å². The number of carbonyl (C=O) groups excluding carboxylic acids is 2. The van der Waals surface area contributed by atoms with Crippen LogP contribution in [0.5, 0.6) is 5.75 Å². The minimum atomic E-state index is -4.73. The molecule has 1 fully saturated rings. The molecule has 1 atom stereocenters. The highest BCUT2D eigenvalue weighted by molar-refractivity contribution is 5.96. The molecule has 191 valence electrons. The summed E-state index contributed by atoms with van der Waals surface area (Å²) in [5, 5.41) is 9.58. The third-order valence-corrected chi connectivity index (χ3v) is 5.56. The van der Waals surface area contributed by atoms with Crippen molar-refractivity contribution in [3.63, 3.8) is 0 Å². The predicted molar refractivity (Wildman–Crippen MR) is 123 cm³/mol. The number of halogens is 3. The molecular weight excluding hydrogens is 481 g/mol. The number of aliphatic carboxylic acids is 1. The van der Waals surface area contributed by atoms with E-state index in [4.69, 9.17) is 4.74 Å². The molecule has 1 saturated heterocycles. The van der Waals surface area contributed by atoms with Crippen molar-refractivity contribution in [2.45, 2.75) is 19.1 Å². The van der Waals surface area contributed by atoms with E-state index in [-0.39, 0.29) is 48.7 Å². The minimum absolute atomic E-state index is 0.0432. The van der Waals surface area contributed by atoms with E-state index in [1.54, 1.807) is 25.1 Å². The fraction of sp³-hybridized carbons (Fsp3) is 0.320. The van der Waals surface area contributed by atoms with Crippen LogP contribution in [0.15, 0.2) is 42.5 Å². The van der Waals surface area contributed by atoms with Crippen LogP contribution in [-0.4, -0.2) is 72.3 Å². The van der Waals surface area contributed by atoms with Crippen molar-refractivity contribution in [2.24, 2.45) is 0 Å². The highest BCUT2D eigenvalue weighted by Crippen LogP contribution is 2.42. The van der Waals surface area contributed by atoms with Gasteiger partial charge in [-0.05, 0) is 30.7 Å². The fourth-order valence-electron chi connectivity index (χ4n) is 3.93. The number of ether oxygens (including phenoxy) is 2. The second kappa shape index (κ2) is 11.1. The molecule has 1 heterocycles. The number of carbonyl (C=O) groups is 3. The third kappa shape index (κ3) is 5.78. The van der Waals surface area contributed by atoms with Gasteiger partial charge in [-0.1, -0.05) is 30.3 Å². The molecule has 0 saturated carbocycles. The zero-order valence-corrected chi connectivity index (χ0v) is 19.5. The average Bonchev–Trinajstić information content (AvgIpc) is 2.86. The second-order valence-electron chi connectivity index (χ2n) is 7.74. The minimum Gasteiger partial charge on any atom is -0.493 e. The smallest absolute Gasteiger partial charge is 0.417 e. The standard InChI is InChI=1S/C25H24F3N2O6/c1-3-36-20-10-5-4-8-17(20)22-16(7-6-9-18(22)25(26,27)28)11-12-21(31)30-14-13-29(24(34)35-2)15-19(30)23(32)33/h4-8,10-12,19H,3,13-15H2,1-2H3,(H,32,33)/b12-11+. The number of para-hydroxylation sites is 1. The summed E-state index contributed by atoms with van der Waals surface area (Å²) in [4.78, 5) is 38.7. The van der Waals surface area contributed by atoms with Crippen molar-refractivity contribution in [2.75, 3.05) is 33.4 Å². The van der Waals surface area contributed by atoms with Crippen LogP contribution in [0, 0.1) is 6.07 Å². The molecule has 0 aromatic heterocycles. The summed E-state index contributed by atoms with van der Waals surface area (Å²) in [6.45, 7) is 1.60. The maximum atomic E-state index is 13.9. The molecule has 1 N–H and O–H groups in total. The van der Waals surface area contributed by atoms with E-state index in [1.807, 2.05) is 0 Å². The second-order valence-corrected chi connectivity index (χ2v) is 7.74. The Bertz CT molecular complexity index is 1160. The van der Waals surface area contributed by atoms with Crippen LogP contribution in [0.2, 0.25) is 0 Å². The van der Waals surface area contributed by atoms with Crippen LogP contribution in [0.1, 0.15) is 18.1 Å². The number of benzene rings is 2. The Labute approximate surface area is 205 Å². The lowest BCUT2D eigenvalue weighted by atomic mass is 9.93. The highest BCUT2D eigenvalue weighted by atomic mass is 19.4. The molecule has 1 radical (unpaired) electrons. The number of piperazine rings is 1. The first-order chi connectivity index (χ1) is 17.1. The lowest BCUT2D eigenvalue weighted by molar-refractivity contribution is -0.151. The quantitative estimate of drug-likeness (QED) is 0.598. The molecule has 1 aliphatic heterocycles. The monoisotopic (exact) mass is 505 g/mol. The fourth-order valence-corrected chi connectivity index (χ4v) is 3.93. The van der Waals surface area contributed by atoms with Gasteiger partial charge >= 0.3 is 18.2 Å². The molecule has 1 aliphatic rings. The van der Waals surface area contributed by atoms with Crippen molar-refractivity contribution >= 4 is 24.0 Å². The largest absolute Gasteiger partial charge is 0.493 e. The Kier molecular flexibility index (Phi) is 8.23. The van der Waals surface area contributed by atoms with Crippen molar-refractivity contribution in [1.82, 2.24) is 9.80 Å². The third-order valence-electron chi connectivity index (χ3n) is 5.56. The summed E-state index contributed by atoms with van der Waals surface area (Å²) >= 11 is 0. The number of hydrogen-bond acceptors (Lipinski definition) is 5. The highest BCUT2D eigenvalue weighted by Gasteiger charge is 2.37. The van der Waals surface area contributed by atoms with Crippen LogP contribution >= 0.6 is 0 Å². The maximum absolute atomic E-state index is 13.9. The summed E-state index contributed by atoms with van der Waals surface area (Å²) in [6.07, 6.45) is -3.23. The molecule has 0 aliphatic carbocycles. The Hall–Kier alpha value is -4.02. The first-order valence-electron chi connectivity index (χ1n) is 11.0. The molecule has 0 spiro atoms. The Balaban J connectivity index is 2.00. The van der Waals surface area contributed by atoms with Crippen molar-refractivity contribution in [3.05, 3.63) is 59.7 Å². The lowest BCUT2D eigenvalue weighted by Crippen LogP contribution is -2.59. The summed E-state index contributed by atoms with van der Waals surface area (Å²) in [5.41, 5.74) is -1.00. The molecule has 2 aromatic rings. The Morgan fingerprint density at radius 2 is 1.92 bits per heavy atom. The molecule has 11 heteroatoms. The first-order valence-corrected chi connectivity index (χ1v) is 11.0. The van der Waals surface area contributed by atoms with Gasteiger partial charge in [0.2, 0.25) is 5.91 Å². The molecule has 36 heavy (non-hydrogen) atoms. The Morgan fingerprint density at radius 1 is 1.19 bits per heavy atom. The van der Waals surface area contributed by atoms with Gasteiger partial charge in [-0.2, -0.15) is 13.2 Å². The number of hydrogen-bond donors (Lipinski definition) is 1. The van der Waals surface area contributed by atoms with Gasteiger partial charge in [0, 0.05) is 30.3 Å². The number of methoxy groups -OCH3 is 1. The zero-order valence-electron chi connectivity index (χ0n) is 19.5. The number of carboxylic acids is 1. The molecule has 2 aromatic carbocycles. The van der Waals surface area contributed by atoms with Crippen molar-refractivity contribution in [3.8, 4) is 16.9 Å². The van der Waals surface area contributed by atoms with Gasteiger partial charge in [0.25, 0.3) is 0 Å². The van der Waals surface area contributed by atoms with Gasteiger partial charge in [-0.15, -0.1) is 0 Å². The molecule has 2 amide bonds. The number of nitrogens with zero attached hydrogens (tertiary/aromatic N) is 2. The maximum Gasteiger partial charge on any atom is 0.417 e. The summed E-state index contributed by atoms with van der Waals surface area (Å²) in [7, 11) is 1.16. The van der Waals surface area contributed by atoms with Gasteiger partial charge in [0.05, 0.1) is 25.8 Å². The van der Waals surface area contributed by atoms with Crippen LogP contribution in [0.3, 0.4) is 0 Å². The van der Waals surface area contributed by atoms with Crippen LogP contribution in [0.25, 0.3) is 17.2 Å². The Morgan fingerprint density at radius 3 is 2.56 bits per heavy atom. The molecule has 8 nitrogen and oxygen atoms in total.